The van der Waals surface area contributed by atoms with Crippen LogP contribution in [0.5, 0.6) is 0 Å². The van der Waals surface area contributed by atoms with E-state index >= 15 is 0 Å². The van der Waals surface area contributed by atoms with Crippen molar-refractivity contribution in [3.8, 4) is 0 Å². The van der Waals surface area contributed by atoms with Crippen molar-refractivity contribution in [1.29, 1.82) is 0 Å². The lowest BCUT2D eigenvalue weighted by atomic mass is 10.1. The zero-order valence-electron chi connectivity index (χ0n) is 9.87. The molecule has 2 bridgehead atoms. The van der Waals surface area contributed by atoms with Gasteiger partial charge in [-0.15, -0.1) is 0 Å². The predicted octanol–water partition coefficient (Wildman–Crippen LogP) is -0.0303. The van der Waals surface area contributed by atoms with Gasteiger partial charge in [0.2, 0.25) is 5.91 Å². The van der Waals surface area contributed by atoms with Crippen LogP contribution >= 0.6 is 0 Å². The van der Waals surface area contributed by atoms with E-state index in [1.807, 2.05) is 4.90 Å². The summed E-state index contributed by atoms with van der Waals surface area (Å²) >= 11 is 0. The molecule has 0 saturated carbocycles. The number of nitrogens with zero attached hydrogens (tertiary/aromatic N) is 3. The molecule has 18 heavy (non-hydrogen) atoms. The summed E-state index contributed by atoms with van der Waals surface area (Å²) in [7, 11) is 0. The fourth-order valence-corrected chi connectivity index (χ4v) is 2.78. The van der Waals surface area contributed by atoms with Gasteiger partial charge in [-0.2, -0.15) is 10.2 Å². The smallest absolute Gasteiger partial charge is 0.256 e. The van der Waals surface area contributed by atoms with E-state index in [2.05, 4.69) is 15.5 Å². The Morgan fingerprint density at radius 2 is 2.17 bits per heavy atom. The molecule has 1 aromatic heterocycles. The van der Waals surface area contributed by atoms with Crippen molar-refractivity contribution in [3.05, 3.63) is 24.0 Å². The van der Waals surface area contributed by atoms with E-state index in [-0.39, 0.29) is 23.9 Å². The summed E-state index contributed by atoms with van der Waals surface area (Å²) in [5.74, 6) is -0.0123. The molecule has 2 amide bonds. The Bertz CT molecular complexity index is 476. The molecule has 6 nitrogen and oxygen atoms in total. The highest BCUT2D eigenvalue weighted by Crippen LogP contribution is 2.29. The molecule has 1 N–H and O–H groups in total. The van der Waals surface area contributed by atoms with Gasteiger partial charge < -0.3 is 10.2 Å². The first-order valence-electron chi connectivity index (χ1n) is 6.12. The minimum Gasteiger partial charge on any atom is -0.354 e. The van der Waals surface area contributed by atoms with Crippen molar-refractivity contribution in [2.45, 2.75) is 31.3 Å². The Kier molecular flexibility index (Phi) is 2.70. The van der Waals surface area contributed by atoms with Gasteiger partial charge in [0.05, 0.1) is 18.0 Å². The summed E-state index contributed by atoms with van der Waals surface area (Å²) in [5, 5.41) is 10.3. The molecule has 0 aliphatic carbocycles. The Hall–Kier alpha value is -1.98. The van der Waals surface area contributed by atoms with Crippen LogP contribution in [0.25, 0.3) is 0 Å². The lowest BCUT2D eigenvalue weighted by Gasteiger charge is -2.27. The zero-order valence-corrected chi connectivity index (χ0v) is 9.87. The first-order valence-corrected chi connectivity index (χ1v) is 6.12. The van der Waals surface area contributed by atoms with Crippen molar-refractivity contribution in [3.63, 3.8) is 0 Å². The maximum Gasteiger partial charge on any atom is 0.256 e. The van der Waals surface area contributed by atoms with Gasteiger partial charge in [-0.05, 0) is 18.9 Å². The van der Waals surface area contributed by atoms with Crippen LogP contribution in [-0.2, 0) is 4.79 Å². The van der Waals surface area contributed by atoms with Gasteiger partial charge >= 0.3 is 0 Å². The van der Waals surface area contributed by atoms with E-state index < -0.39 is 0 Å². The Labute approximate surface area is 104 Å². The molecule has 1 aromatic rings. The van der Waals surface area contributed by atoms with Crippen LogP contribution in [0.3, 0.4) is 0 Å². The standard InChI is InChI=1S/C12H14N4O2/c17-11-5-9-1-2-10(7-13-11)16(9)12(18)8-3-4-14-15-6-8/h3-4,6,9-10H,1-2,5,7H2,(H,13,17)/t9-,10+/m1/s1. The number of hydrogen-bond acceptors (Lipinski definition) is 4. The van der Waals surface area contributed by atoms with Crippen molar-refractivity contribution in [1.82, 2.24) is 20.4 Å². The molecule has 2 fully saturated rings. The van der Waals surface area contributed by atoms with E-state index in [0.717, 1.165) is 12.8 Å². The van der Waals surface area contributed by atoms with Gasteiger partial charge in [0.15, 0.2) is 0 Å². The van der Waals surface area contributed by atoms with E-state index in [1.54, 1.807) is 6.07 Å². The van der Waals surface area contributed by atoms with Crippen LogP contribution in [0.2, 0.25) is 0 Å². The largest absolute Gasteiger partial charge is 0.354 e. The molecule has 0 aromatic carbocycles. The molecular formula is C12H14N4O2. The fourth-order valence-electron chi connectivity index (χ4n) is 2.78. The minimum absolute atomic E-state index is 0.0261. The van der Waals surface area contributed by atoms with Gasteiger partial charge in [0.1, 0.15) is 0 Å². The molecule has 3 rings (SSSR count). The Morgan fingerprint density at radius 3 is 2.94 bits per heavy atom. The number of aromatic nitrogens is 2. The SMILES string of the molecule is O=C1C[C@H]2CC[C@@H](CN1)N2C(=O)c1ccnnc1. The van der Waals surface area contributed by atoms with Crippen LogP contribution in [0.4, 0.5) is 0 Å². The van der Waals surface area contributed by atoms with Crippen molar-refractivity contribution < 1.29 is 9.59 Å². The Balaban J connectivity index is 1.87. The molecule has 3 heterocycles. The van der Waals surface area contributed by atoms with Gasteiger partial charge in [-0.25, -0.2) is 0 Å². The maximum atomic E-state index is 12.4. The van der Waals surface area contributed by atoms with Gasteiger partial charge in [-0.1, -0.05) is 0 Å². The molecular weight excluding hydrogens is 232 g/mol. The minimum atomic E-state index is -0.0473. The topological polar surface area (TPSA) is 75.2 Å². The molecule has 2 saturated heterocycles. The van der Waals surface area contributed by atoms with Crippen molar-refractivity contribution >= 4 is 11.8 Å². The summed E-state index contributed by atoms with van der Waals surface area (Å²) in [4.78, 5) is 25.8. The van der Waals surface area contributed by atoms with E-state index in [1.165, 1.54) is 12.4 Å². The highest BCUT2D eigenvalue weighted by molar-refractivity contribution is 5.95. The third kappa shape index (κ3) is 1.83. The monoisotopic (exact) mass is 246 g/mol. The van der Waals surface area contributed by atoms with Crippen LogP contribution in [0.15, 0.2) is 18.5 Å². The molecule has 94 valence electrons. The molecule has 6 heteroatoms. The summed E-state index contributed by atoms with van der Waals surface area (Å²) in [6.45, 7) is 0.555. The van der Waals surface area contributed by atoms with Crippen LogP contribution in [0.1, 0.15) is 29.6 Å². The third-order valence-corrected chi connectivity index (χ3v) is 3.64. The summed E-state index contributed by atoms with van der Waals surface area (Å²) in [6.07, 6.45) is 5.25. The first kappa shape index (κ1) is 11.1. The van der Waals surface area contributed by atoms with E-state index in [4.69, 9.17) is 0 Å². The summed E-state index contributed by atoms with van der Waals surface area (Å²) < 4.78 is 0. The quantitative estimate of drug-likeness (QED) is 0.755. The molecule has 0 radical (unpaired) electrons. The highest BCUT2D eigenvalue weighted by atomic mass is 16.2. The molecule has 2 atom stereocenters. The number of hydrogen-bond donors (Lipinski definition) is 1. The normalized spacial score (nSPS) is 26.7. The van der Waals surface area contributed by atoms with E-state index in [9.17, 15) is 9.59 Å². The average Bonchev–Trinajstić information content (AvgIpc) is 2.70. The summed E-state index contributed by atoms with van der Waals surface area (Å²) in [6, 6.07) is 1.80. The number of carbonyl (C=O) groups is 2. The number of nitrogens with one attached hydrogen (secondary N) is 1. The van der Waals surface area contributed by atoms with Crippen molar-refractivity contribution in [2.75, 3.05) is 6.54 Å². The molecule has 2 aliphatic heterocycles. The van der Waals surface area contributed by atoms with Gasteiger partial charge in [0, 0.05) is 25.0 Å². The second kappa shape index (κ2) is 4.36. The maximum absolute atomic E-state index is 12.4. The van der Waals surface area contributed by atoms with E-state index in [0.29, 0.717) is 18.5 Å². The lowest BCUT2D eigenvalue weighted by Crippen LogP contribution is -2.42. The van der Waals surface area contributed by atoms with Gasteiger partial charge in [0.25, 0.3) is 5.91 Å². The number of fused-ring (bicyclic) bond motifs is 2. The number of carbonyl (C=O) groups excluding carboxylic acids is 2. The number of amides is 2. The average molecular weight is 246 g/mol. The predicted molar refractivity (Wildman–Crippen MR) is 62.6 cm³/mol. The zero-order chi connectivity index (χ0) is 12.5. The summed E-state index contributed by atoms with van der Waals surface area (Å²) in [5.41, 5.74) is 0.538. The van der Waals surface area contributed by atoms with Gasteiger partial charge in [-0.3, -0.25) is 9.59 Å². The second-order valence-corrected chi connectivity index (χ2v) is 4.74. The fraction of sp³-hybridized carbons (Fsp3) is 0.500. The Morgan fingerprint density at radius 1 is 1.33 bits per heavy atom. The first-order chi connectivity index (χ1) is 8.75. The third-order valence-electron chi connectivity index (χ3n) is 3.64. The second-order valence-electron chi connectivity index (χ2n) is 4.74. The van der Waals surface area contributed by atoms with Crippen LogP contribution in [0, 0.1) is 0 Å². The van der Waals surface area contributed by atoms with Crippen LogP contribution < -0.4 is 5.32 Å². The molecule has 2 aliphatic rings. The highest BCUT2D eigenvalue weighted by Gasteiger charge is 2.40. The van der Waals surface area contributed by atoms with Crippen LogP contribution in [-0.4, -0.2) is 45.5 Å². The number of rotatable bonds is 1. The van der Waals surface area contributed by atoms with Crippen molar-refractivity contribution in [2.24, 2.45) is 0 Å². The molecule has 0 spiro atoms. The lowest BCUT2D eigenvalue weighted by molar-refractivity contribution is -0.121. The molecule has 0 unspecified atom stereocenters.